The summed E-state index contributed by atoms with van der Waals surface area (Å²) < 4.78 is 1.11. The molecule has 0 aliphatic heterocycles. The lowest BCUT2D eigenvalue weighted by molar-refractivity contribution is -0.116. The molecule has 0 N–H and O–H groups in total. The van der Waals surface area contributed by atoms with E-state index >= 15 is 0 Å². The number of rotatable bonds is 5. The predicted molar refractivity (Wildman–Crippen MR) is 77.4 cm³/mol. The van der Waals surface area contributed by atoms with Crippen molar-refractivity contribution in [3.63, 3.8) is 0 Å². The minimum absolute atomic E-state index is 0.0826. The lowest BCUT2D eigenvalue weighted by Gasteiger charge is -2.28. The number of benzene rings is 1. The van der Waals surface area contributed by atoms with E-state index in [-0.39, 0.29) is 5.41 Å². The van der Waals surface area contributed by atoms with Gasteiger partial charge in [-0.05, 0) is 37.6 Å². The van der Waals surface area contributed by atoms with Crippen LogP contribution in [0.5, 0.6) is 0 Å². The van der Waals surface area contributed by atoms with E-state index in [4.69, 9.17) is 0 Å². The Labute approximate surface area is 117 Å². The average Bonchev–Trinajstić information content (AvgIpc) is 2.78. The van der Waals surface area contributed by atoms with Crippen molar-refractivity contribution in [2.24, 2.45) is 5.41 Å². The molecule has 0 unspecified atom stereocenters. The second-order valence-corrected chi connectivity index (χ2v) is 6.41. The molecule has 0 amide bonds. The van der Waals surface area contributed by atoms with Crippen LogP contribution in [0, 0.1) is 5.41 Å². The van der Waals surface area contributed by atoms with Gasteiger partial charge in [0, 0.05) is 23.0 Å². The number of halogens is 1. The molecule has 0 aromatic heterocycles. The van der Waals surface area contributed by atoms with E-state index in [1.807, 2.05) is 6.07 Å². The molecule has 1 aliphatic rings. The Kier molecular flexibility index (Phi) is 4.57. The van der Waals surface area contributed by atoms with E-state index in [9.17, 15) is 4.79 Å². The molecule has 0 radical (unpaired) electrons. The van der Waals surface area contributed by atoms with Crippen molar-refractivity contribution < 1.29 is 4.79 Å². The second kappa shape index (κ2) is 5.98. The van der Waals surface area contributed by atoms with Gasteiger partial charge in [-0.3, -0.25) is 0 Å². The molecular formula is C15H20BrNO. The van der Waals surface area contributed by atoms with Gasteiger partial charge in [-0.1, -0.05) is 40.9 Å². The Balaban J connectivity index is 1.96. The van der Waals surface area contributed by atoms with Crippen LogP contribution in [0.4, 0.5) is 0 Å². The van der Waals surface area contributed by atoms with Crippen LogP contribution in [0.1, 0.15) is 31.2 Å². The van der Waals surface area contributed by atoms with Crippen LogP contribution in [0.15, 0.2) is 28.7 Å². The van der Waals surface area contributed by atoms with Gasteiger partial charge in [0.2, 0.25) is 0 Å². The fourth-order valence-electron chi connectivity index (χ4n) is 2.93. The zero-order chi connectivity index (χ0) is 13.0. The number of nitrogens with zero attached hydrogens (tertiary/aromatic N) is 1. The molecule has 3 heteroatoms. The molecule has 2 rings (SSSR count). The molecule has 1 aliphatic carbocycles. The Hall–Kier alpha value is -0.670. The quantitative estimate of drug-likeness (QED) is 0.774. The topological polar surface area (TPSA) is 20.3 Å². The van der Waals surface area contributed by atoms with Gasteiger partial charge in [0.25, 0.3) is 0 Å². The molecule has 0 atom stereocenters. The molecule has 18 heavy (non-hydrogen) atoms. The van der Waals surface area contributed by atoms with Crippen molar-refractivity contribution in [3.05, 3.63) is 34.3 Å². The van der Waals surface area contributed by atoms with Gasteiger partial charge >= 0.3 is 0 Å². The van der Waals surface area contributed by atoms with Crippen LogP contribution >= 0.6 is 15.9 Å². The van der Waals surface area contributed by atoms with Gasteiger partial charge in [-0.25, -0.2) is 0 Å². The first-order chi connectivity index (χ1) is 8.63. The van der Waals surface area contributed by atoms with Crippen LogP contribution in [0.2, 0.25) is 0 Å². The zero-order valence-electron chi connectivity index (χ0n) is 10.9. The highest BCUT2D eigenvalue weighted by atomic mass is 79.9. The van der Waals surface area contributed by atoms with Gasteiger partial charge in [-0.2, -0.15) is 0 Å². The second-order valence-electron chi connectivity index (χ2n) is 5.49. The number of hydrogen-bond donors (Lipinski definition) is 0. The van der Waals surface area contributed by atoms with E-state index in [0.717, 1.165) is 30.4 Å². The summed E-state index contributed by atoms with van der Waals surface area (Å²) in [4.78, 5) is 13.6. The number of carbonyl (C=O) groups excluding carboxylic acids is 1. The maximum absolute atomic E-state index is 11.3. The van der Waals surface area contributed by atoms with Crippen molar-refractivity contribution in [1.82, 2.24) is 4.90 Å². The summed E-state index contributed by atoms with van der Waals surface area (Å²) in [5.74, 6) is 0. The van der Waals surface area contributed by atoms with Crippen molar-refractivity contribution in [1.29, 1.82) is 0 Å². The molecule has 0 bridgehead atoms. The fourth-order valence-corrected chi connectivity index (χ4v) is 3.38. The molecule has 0 saturated heterocycles. The Morgan fingerprint density at radius 1 is 1.39 bits per heavy atom. The van der Waals surface area contributed by atoms with Gasteiger partial charge in [-0.15, -0.1) is 0 Å². The molecule has 0 heterocycles. The third kappa shape index (κ3) is 3.42. The van der Waals surface area contributed by atoms with Crippen molar-refractivity contribution in [3.8, 4) is 0 Å². The Morgan fingerprint density at radius 2 is 2.11 bits per heavy atom. The van der Waals surface area contributed by atoms with Crippen LogP contribution in [-0.4, -0.2) is 24.8 Å². The Bertz CT molecular complexity index is 413. The highest BCUT2D eigenvalue weighted by Gasteiger charge is 2.34. The van der Waals surface area contributed by atoms with E-state index in [0.29, 0.717) is 0 Å². The highest BCUT2D eigenvalue weighted by molar-refractivity contribution is 9.10. The van der Waals surface area contributed by atoms with Gasteiger partial charge in [0.05, 0.1) is 0 Å². The lowest BCUT2D eigenvalue weighted by atomic mass is 9.87. The van der Waals surface area contributed by atoms with Gasteiger partial charge in [0.1, 0.15) is 6.29 Å². The van der Waals surface area contributed by atoms with E-state index in [2.05, 4.69) is 46.1 Å². The number of carbonyl (C=O) groups is 1. The van der Waals surface area contributed by atoms with E-state index in [1.54, 1.807) is 0 Å². The smallest absolute Gasteiger partial charge is 0.127 e. The van der Waals surface area contributed by atoms with Gasteiger partial charge in [0.15, 0.2) is 0 Å². The molecule has 1 fully saturated rings. The summed E-state index contributed by atoms with van der Waals surface area (Å²) in [5.41, 5.74) is 1.20. The standard InChI is InChI=1S/C15H20BrNO/c1-17(10-13-5-4-6-14(16)9-13)11-15(12-18)7-2-3-8-15/h4-6,9,12H,2-3,7-8,10-11H2,1H3. The van der Waals surface area contributed by atoms with Crippen LogP contribution < -0.4 is 0 Å². The van der Waals surface area contributed by atoms with E-state index < -0.39 is 0 Å². The first-order valence-electron chi connectivity index (χ1n) is 6.53. The predicted octanol–water partition coefficient (Wildman–Crippen LogP) is 3.64. The highest BCUT2D eigenvalue weighted by Crippen LogP contribution is 2.36. The lowest BCUT2D eigenvalue weighted by Crippen LogP contribution is -2.34. The fraction of sp³-hybridized carbons (Fsp3) is 0.533. The van der Waals surface area contributed by atoms with Crippen molar-refractivity contribution in [2.45, 2.75) is 32.2 Å². The Morgan fingerprint density at radius 3 is 2.72 bits per heavy atom. The number of aldehydes is 1. The SMILES string of the molecule is CN(Cc1cccc(Br)c1)CC1(C=O)CCCC1. The summed E-state index contributed by atoms with van der Waals surface area (Å²) in [6.45, 7) is 1.78. The first kappa shape index (κ1) is 13.8. The molecule has 1 aromatic rings. The summed E-state index contributed by atoms with van der Waals surface area (Å²) in [6, 6.07) is 8.36. The molecule has 1 aromatic carbocycles. The third-order valence-corrected chi connectivity index (χ3v) is 4.27. The minimum atomic E-state index is -0.0826. The molecule has 0 spiro atoms. The van der Waals surface area contributed by atoms with Crippen LogP contribution in [0.25, 0.3) is 0 Å². The third-order valence-electron chi connectivity index (χ3n) is 3.78. The molecule has 98 valence electrons. The van der Waals surface area contributed by atoms with E-state index in [1.165, 1.54) is 24.7 Å². The van der Waals surface area contributed by atoms with Gasteiger partial charge < -0.3 is 9.69 Å². The summed E-state index contributed by atoms with van der Waals surface area (Å²) in [7, 11) is 2.10. The largest absolute Gasteiger partial charge is 0.303 e. The molecule has 2 nitrogen and oxygen atoms in total. The first-order valence-corrected chi connectivity index (χ1v) is 7.32. The minimum Gasteiger partial charge on any atom is -0.303 e. The normalized spacial score (nSPS) is 18.2. The monoisotopic (exact) mass is 309 g/mol. The molecular weight excluding hydrogens is 290 g/mol. The van der Waals surface area contributed by atoms with Crippen molar-refractivity contribution >= 4 is 22.2 Å². The van der Waals surface area contributed by atoms with Crippen LogP contribution in [0.3, 0.4) is 0 Å². The van der Waals surface area contributed by atoms with Crippen LogP contribution in [-0.2, 0) is 11.3 Å². The zero-order valence-corrected chi connectivity index (χ0v) is 12.4. The maximum Gasteiger partial charge on any atom is 0.127 e. The average molecular weight is 310 g/mol. The maximum atomic E-state index is 11.3. The summed E-state index contributed by atoms with van der Waals surface area (Å²) in [5, 5.41) is 0. The summed E-state index contributed by atoms with van der Waals surface area (Å²) in [6.07, 6.45) is 5.70. The number of hydrogen-bond acceptors (Lipinski definition) is 2. The molecule has 1 saturated carbocycles. The summed E-state index contributed by atoms with van der Waals surface area (Å²) >= 11 is 3.49. The van der Waals surface area contributed by atoms with Crippen molar-refractivity contribution in [2.75, 3.05) is 13.6 Å².